The van der Waals surface area contributed by atoms with Crippen molar-refractivity contribution in [3.8, 4) is 0 Å². The van der Waals surface area contributed by atoms with Gasteiger partial charge < -0.3 is 10.6 Å². The molecule has 0 aliphatic heterocycles. The molecule has 0 spiro atoms. The van der Waals surface area contributed by atoms with Crippen molar-refractivity contribution in [3.05, 3.63) is 35.9 Å². The quantitative estimate of drug-likeness (QED) is 0.740. The van der Waals surface area contributed by atoms with Gasteiger partial charge in [-0.25, -0.2) is 0 Å². The van der Waals surface area contributed by atoms with E-state index >= 15 is 0 Å². The lowest BCUT2D eigenvalue weighted by molar-refractivity contribution is -0.122. The van der Waals surface area contributed by atoms with Crippen LogP contribution in [0.3, 0.4) is 0 Å². The first-order valence-corrected chi connectivity index (χ1v) is 6.07. The fourth-order valence-corrected chi connectivity index (χ4v) is 1.76. The van der Waals surface area contributed by atoms with Crippen molar-refractivity contribution < 1.29 is 4.79 Å². The number of rotatable bonds is 6. The molecule has 0 aliphatic carbocycles. The molecule has 0 radical (unpaired) electrons. The molecule has 0 heterocycles. The largest absolute Gasteiger partial charge is 0.347 e. The maximum absolute atomic E-state index is 11.8. The minimum absolute atomic E-state index is 0.106. The first-order valence-electron chi connectivity index (χ1n) is 6.07. The molecule has 0 atom stereocenters. The zero-order valence-corrected chi connectivity index (χ0v) is 10.9. The molecular formula is C14H22N2O. The summed E-state index contributed by atoms with van der Waals surface area (Å²) in [4.78, 5) is 11.8. The average molecular weight is 234 g/mol. The van der Waals surface area contributed by atoms with E-state index in [1.165, 1.54) is 0 Å². The maximum Gasteiger partial charge on any atom is 0.220 e. The summed E-state index contributed by atoms with van der Waals surface area (Å²) in [5.74, 6) is 0.106. The van der Waals surface area contributed by atoms with Gasteiger partial charge in [0, 0.05) is 6.42 Å². The van der Waals surface area contributed by atoms with E-state index in [-0.39, 0.29) is 11.4 Å². The number of nitrogens with one attached hydrogen (secondary N) is 2. The standard InChI is InChI=1S/C14H22N2O/c1-14(2,12-8-5-4-6-9-12)16-13(17)10-7-11-15-3/h4-6,8-9,15H,7,10-11H2,1-3H3,(H,16,17). The summed E-state index contributed by atoms with van der Waals surface area (Å²) in [6.07, 6.45) is 1.43. The van der Waals surface area contributed by atoms with Crippen LogP contribution in [0.1, 0.15) is 32.3 Å². The Bertz CT molecular complexity index is 346. The van der Waals surface area contributed by atoms with Crippen LogP contribution in [-0.4, -0.2) is 19.5 Å². The van der Waals surface area contributed by atoms with E-state index in [0.29, 0.717) is 6.42 Å². The lowest BCUT2D eigenvalue weighted by Gasteiger charge is -2.27. The molecule has 1 rings (SSSR count). The molecule has 0 fully saturated rings. The molecule has 2 N–H and O–H groups in total. The van der Waals surface area contributed by atoms with Gasteiger partial charge in [0.05, 0.1) is 5.54 Å². The maximum atomic E-state index is 11.8. The number of benzene rings is 1. The van der Waals surface area contributed by atoms with Gasteiger partial charge in [0.25, 0.3) is 0 Å². The Kier molecular flexibility index (Phi) is 5.16. The van der Waals surface area contributed by atoms with Gasteiger partial charge in [0.1, 0.15) is 0 Å². The van der Waals surface area contributed by atoms with Gasteiger partial charge >= 0.3 is 0 Å². The summed E-state index contributed by atoms with van der Waals surface area (Å²) >= 11 is 0. The summed E-state index contributed by atoms with van der Waals surface area (Å²) < 4.78 is 0. The smallest absolute Gasteiger partial charge is 0.220 e. The molecule has 0 aromatic heterocycles. The van der Waals surface area contributed by atoms with Crippen molar-refractivity contribution in [3.63, 3.8) is 0 Å². The molecule has 0 bridgehead atoms. The molecule has 3 heteroatoms. The SMILES string of the molecule is CNCCCC(=O)NC(C)(C)c1ccccc1. The highest BCUT2D eigenvalue weighted by Crippen LogP contribution is 2.19. The normalized spacial score (nSPS) is 11.2. The molecule has 0 saturated heterocycles. The van der Waals surface area contributed by atoms with Crippen molar-refractivity contribution in [2.45, 2.75) is 32.2 Å². The number of hydrogen-bond donors (Lipinski definition) is 2. The molecule has 0 aliphatic rings. The molecule has 1 amide bonds. The Morgan fingerprint density at radius 1 is 1.24 bits per heavy atom. The summed E-state index contributed by atoms with van der Waals surface area (Å²) in [6, 6.07) is 10.0. The third kappa shape index (κ3) is 4.57. The highest BCUT2D eigenvalue weighted by atomic mass is 16.1. The van der Waals surface area contributed by atoms with Gasteiger partial charge in [-0.3, -0.25) is 4.79 Å². The lowest BCUT2D eigenvalue weighted by Crippen LogP contribution is -2.41. The van der Waals surface area contributed by atoms with E-state index in [9.17, 15) is 4.79 Å². The lowest BCUT2D eigenvalue weighted by atomic mass is 9.94. The van der Waals surface area contributed by atoms with E-state index in [4.69, 9.17) is 0 Å². The Morgan fingerprint density at radius 2 is 1.88 bits per heavy atom. The number of carbonyl (C=O) groups is 1. The predicted octanol–water partition coefficient (Wildman–Crippen LogP) is 2.04. The first kappa shape index (κ1) is 13.7. The molecule has 0 unspecified atom stereocenters. The van der Waals surface area contributed by atoms with Gasteiger partial charge in [-0.15, -0.1) is 0 Å². The monoisotopic (exact) mass is 234 g/mol. The molecule has 17 heavy (non-hydrogen) atoms. The highest BCUT2D eigenvalue weighted by molar-refractivity contribution is 5.76. The minimum atomic E-state index is -0.308. The zero-order valence-electron chi connectivity index (χ0n) is 10.9. The van der Waals surface area contributed by atoms with Crippen LogP contribution >= 0.6 is 0 Å². The highest BCUT2D eigenvalue weighted by Gasteiger charge is 2.21. The van der Waals surface area contributed by atoms with E-state index in [0.717, 1.165) is 18.5 Å². The van der Waals surface area contributed by atoms with Crippen LogP contribution in [-0.2, 0) is 10.3 Å². The zero-order chi connectivity index (χ0) is 12.7. The van der Waals surface area contributed by atoms with Crippen LogP contribution in [0.4, 0.5) is 0 Å². The average Bonchev–Trinajstić information content (AvgIpc) is 2.30. The van der Waals surface area contributed by atoms with E-state index < -0.39 is 0 Å². The minimum Gasteiger partial charge on any atom is -0.347 e. The fraction of sp³-hybridized carbons (Fsp3) is 0.500. The molecule has 1 aromatic carbocycles. The summed E-state index contributed by atoms with van der Waals surface area (Å²) in [5, 5.41) is 6.10. The Hall–Kier alpha value is -1.35. The van der Waals surface area contributed by atoms with Crippen molar-refractivity contribution in [2.24, 2.45) is 0 Å². The second kappa shape index (κ2) is 6.40. The van der Waals surface area contributed by atoms with Crippen LogP contribution in [0.15, 0.2) is 30.3 Å². The topological polar surface area (TPSA) is 41.1 Å². The van der Waals surface area contributed by atoms with Gasteiger partial charge in [-0.05, 0) is 39.4 Å². The summed E-state index contributed by atoms with van der Waals surface area (Å²) in [7, 11) is 1.89. The number of hydrogen-bond acceptors (Lipinski definition) is 2. The third-order valence-corrected chi connectivity index (χ3v) is 2.78. The Morgan fingerprint density at radius 3 is 2.47 bits per heavy atom. The number of carbonyl (C=O) groups excluding carboxylic acids is 1. The molecule has 0 saturated carbocycles. The first-order chi connectivity index (χ1) is 8.06. The summed E-state index contributed by atoms with van der Waals surface area (Å²) in [6.45, 7) is 4.93. The van der Waals surface area contributed by atoms with Gasteiger partial charge in [-0.1, -0.05) is 30.3 Å². The van der Waals surface area contributed by atoms with E-state index in [1.54, 1.807) is 0 Å². The fourth-order valence-electron chi connectivity index (χ4n) is 1.76. The number of amides is 1. The molecule has 3 nitrogen and oxygen atoms in total. The Labute approximate surface area is 104 Å². The van der Waals surface area contributed by atoms with Gasteiger partial charge in [-0.2, -0.15) is 0 Å². The summed E-state index contributed by atoms with van der Waals surface area (Å²) in [5.41, 5.74) is 0.819. The van der Waals surface area contributed by atoms with Crippen LogP contribution < -0.4 is 10.6 Å². The molecular weight excluding hydrogens is 212 g/mol. The van der Waals surface area contributed by atoms with Crippen LogP contribution in [0.25, 0.3) is 0 Å². The van der Waals surface area contributed by atoms with Crippen LogP contribution in [0, 0.1) is 0 Å². The Balaban J connectivity index is 2.52. The van der Waals surface area contributed by atoms with Crippen molar-refractivity contribution in [1.29, 1.82) is 0 Å². The van der Waals surface area contributed by atoms with Gasteiger partial charge in [0.2, 0.25) is 5.91 Å². The van der Waals surface area contributed by atoms with Crippen molar-refractivity contribution >= 4 is 5.91 Å². The second-order valence-corrected chi connectivity index (χ2v) is 4.75. The van der Waals surface area contributed by atoms with Crippen LogP contribution in [0.5, 0.6) is 0 Å². The van der Waals surface area contributed by atoms with Gasteiger partial charge in [0.15, 0.2) is 0 Å². The van der Waals surface area contributed by atoms with E-state index in [2.05, 4.69) is 10.6 Å². The molecule has 94 valence electrons. The van der Waals surface area contributed by atoms with Crippen molar-refractivity contribution in [1.82, 2.24) is 10.6 Å². The van der Waals surface area contributed by atoms with E-state index in [1.807, 2.05) is 51.2 Å². The van der Waals surface area contributed by atoms with Crippen molar-refractivity contribution in [2.75, 3.05) is 13.6 Å². The second-order valence-electron chi connectivity index (χ2n) is 4.75. The predicted molar refractivity (Wildman–Crippen MR) is 70.8 cm³/mol. The van der Waals surface area contributed by atoms with Crippen LogP contribution in [0.2, 0.25) is 0 Å². The molecule has 1 aromatic rings. The third-order valence-electron chi connectivity index (χ3n) is 2.78.